The first-order chi connectivity index (χ1) is 10.2. The van der Waals surface area contributed by atoms with Crippen molar-refractivity contribution >= 4 is 23.0 Å². The van der Waals surface area contributed by atoms with Gasteiger partial charge in [0.15, 0.2) is 5.11 Å². The van der Waals surface area contributed by atoms with Crippen molar-refractivity contribution < 1.29 is 14.6 Å². The average molecular weight is 310 g/mol. The summed E-state index contributed by atoms with van der Waals surface area (Å²) in [6, 6.07) is 5.64. The molecule has 2 N–H and O–H groups in total. The summed E-state index contributed by atoms with van der Waals surface area (Å²) >= 11 is 5.49. The molecular formula is C15H22N2O3S. The maximum Gasteiger partial charge on any atom is 0.173 e. The molecule has 1 aromatic rings. The maximum atomic E-state index is 9.48. The Morgan fingerprint density at radius 1 is 1.38 bits per heavy atom. The molecule has 0 saturated carbocycles. The highest BCUT2D eigenvalue weighted by molar-refractivity contribution is 7.80. The molecule has 6 heteroatoms. The number of anilines is 1. The minimum absolute atomic E-state index is 0.1000. The van der Waals surface area contributed by atoms with Crippen LogP contribution in [0.15, 0.2) is 18.2 Å². The summed E-state index contributed by atoms with van der Waals surface area (Å²) in [5.41, 5.74) is 0.797. The van der Waals surface area contributed by atoms with Crippen molar-refractivity contribution in [2.24, 2.45) is 0 Å². The smallest absolute Gasteiger partial charge is 0.173 e. The molecule has 0 bridgehead atoms. The number of hydrogen-bond acceptors (Lipinski definition) is 4. The zero-order valence-corrected chi connectivity index (χ0v) is 13.3. The van der Waals surface area contributed by atoms with E-state index in [0.717, 1.165) is 37.2 Å². The fraction of sp³-hybridized carbons (Fsp3) is 0.533. The summed E-state index contributed by atoms with van der Waals surface area (Å²) in [6.45, 7) is 0.997. The molecule has 0 spiro atoms. The number of thiocarbonyl (C=S) groups is 1. The van der Waals surface area contributed by atoms with Crippen molar-refractivity contribution in [1.29, 1.82) is 0 Å². The fourth-order valence-corrected chi connectivity index (χ4v) is 2.90. The van der Waals surface area contributed by atoms with Crippen molar-refractivity contribution in [3.8, 4) is 11.5 Å². The van der Waals surface area contributed by atoms with Crippen LogP contribution < -0.4 is 14.8 Å². The molecule has 5 nitrogen and oxygen atoms in total. The van der Waals surface area contributed by atoms with E-state index >= 15 is 0 Å². The van der Waals surface area contributed by atoms with E-state index in [1.54, 1.807) is 14.2 Å². The number of aliphatic hydroxyl groups excluding tert-OH is 1. The average Bonchev–Trinajstić information content (AvgIpc) is 2.55. The first kappa shape index (κ1) is 15.9. The van der Waals surface area contributed by atoms with E-state index < -0.39 is 0 Å². The van der Waals surface area contributed by atoms with Gasteiger partial charge in [-0.05, 0) is 43.6 Å². The predicted octanol–water partition coefficient (Wildman–Crippen LogP) is 2.25. The first-order valence-electron chi connectivity index (χ1n) is 7.10. The SMILES string of the molecule is COc1ccc(NC(=S)N2CCCCC2CO)c(OC)c1. The van der Waals surface area contributed by atoms with Crippen LogP contribution in [0.3, 0.4) is 0 Å². The second kappa shape index (κ2) is 7.47. The van der Waals surface area contributed by atoms with Gasteiger partial charge in [0, 0.05) is 12.6 Å². The lowest BCUT2D eigenvalue weighted by atomic mass is 10.0. The summed E-state index contributed by atoms with van der Waals surface area (Å²) in [4.78, 5) is 2.06. The number of ether oxygens (including phenoxy) is 2. The van der Waals surface area contributed by atoms with Crippen molar-refractivity contribution in [2.75, 3.05) is 32.7 Å². The zero-order valence-electron chi connectivity index (χ0n) is 12.5. The molecular weight excluding hydrogens is 288 g/mol. The largest absolute Gasteiger partial charge is 0.497 e. The Labute approximate surface area is 130 Å². The Morgan fingerprint density at radius 3 is 2.86 bits per heavy atom. The van der Waals surface area contributed by atoms with Crippen LogP contribution in [0.1, 0.15) is 19.3 Å². The van der Waals surface area contributed by atoms with Crippen LogP contribution in [0.2, 0.25) is 0 Å². The van der Waals surface area contributed by atoms with Gasteiger partial charge in [-0.25, -0.2) is 0 Å². The summed E-state index contributed by atoms with van der Waals surface area (Å²) in [5, 5.41) is 13.3. The summed E-state index contributed by atoms with van der Waals surface area (Å²) in [7, 11) is 3.23. The number of nitrogens with one attached hydrogen (secondary N) is 1. The van der Waals surface area contributed by atoms with Crippen LogP contribution in [-0.2, 0) is 0 Å². The topological polar surface area (TPSA) is 54.0 Å². The first-order valence-corrected chi connectivity index (χ1v) is 7.51. The number of rotatable bonds is 4. The molecule has 1 unspecified atom stereocenters. The van der Waals surface area contributed by atoms with E-state index in [2.05, 4.69) is 10.2 Å². The molecule has 116 valence electrons. The van der Waals surface area contributed by atoms with Gasteiger partial charge >= 0.3 is 0 Å². The highest BCUT2D eigenvalue weighted by Gasteiger charge is 2.24. The van der Waals surface area contributed by atoms with Crippen LogP contribution in [0.4, 0.5) is 5.69 Å². The summed E-state index contributed by atoms with van der Waals surface area (Å²) in [6.07, 6.45) is 3.20. The van der Waals surface area contributed by atoms with E-state index in [1.807, 2.05) is 18.2 Å². The molecule has 0 radical (unpaired) electrons. The molecule has 1 saturated heterocycles. The highest BCUT2D eigenvalue weighted by atomic mass is 32.1. The lowest BCUT2D eigenvalue weighted by Crippen LogP contribution is -2.47. The van der Waals surface area contributed by atoms with Crippen LogP contribution in [0.5, 0.6) is 11.5 Å². The highest BCUT2D eigenvalue weighted by Crippen LogP contribution is 2.29. The number of nitrogens with zero attached hydrogens (tertiary/aromatic N) is 1. The molecule has 1 aliphatic heterocycles. The van der Waals surface area contributed by atoms with Gasteiger partial charge in [0.2, 0.25) is 0 Å². The standard InChI is InChI=1S/C15H22N2O3S/c1-19-12-6-7-13(14(9-12)20-2)16-15(21)17-8-4-3-5-11(17)10-18/h6-7,9,11,18H,3-5,8,10H2,1-2H3,(H,16,21). The molecule has 1 atom stereocenters. The predicted molar refractivity (Wildman–Crippen MR) is 87.2 cm³/mol. The van der Waals surface area contributed by atoms with Crippen molar-refractivity contribution in [3.05, 3.63) is 18.2 Å². The number of piperidine rings is 1. The third-order valence-electron chi connectivity index (χ3n) is 3.75. The second-order valence-electron chi connectivity index (χ2n) is 5.02. The van der Waals surface area contributed by atoms with Crippen molar-refractivity contribution in [1.82, 2.24) is 4.90 Å². The lowest BCUT2D eigenvalue weighted by molar-refractivity contribution is 0.149. The number of hydrogen-bond donors (Lipinski definition) is 2. The van der Waals surface area contributed by atoms with E-state index in [1.165, 1.54) is 0 Å². The molecule has 0 aromatic heterocycles. The van der Waals surface area contributed by atoms with Gasteiger partial charge in [-0.2, -0.15) is 0 Å². The Hall–Kier alpha value is -1.53. The molecule has 21 heavy (non-hydrogen) atoms. The Balaban J connectivity index is 2.11. The van der Waals surface area contributed by atoms with Crippen LogP contribution >= 0.6 is 12.2 Å². The monoisotopic (exact) mass is 310 g/mol. The molecule has 0 aliphatic carbocycles. The van der Waals surface area contributed by atoms with Gasteiger partial charge in [-0.3, -0.25) is 0 Å². The number of methoxy groups -OCH3 is 2. The number of benzene rings is 1. The summed E-state index contributed by atoms with van der Waals surface area (Å²) in [5.74, 6) is 1.41. The van der Waals surface area contributed by atoms with Gasteiger partial charge in [0.25, 0.3) is 0 Å². The number of aliphatic hydroxyl groups is 1. The van der Waals surface area contributed by atoms with Gasteiger partial charge in [-0.1, -0.05) is 0 Å². The van der Waals surface area contributed by atoms with Gasteiger partial charge in [-0.15, -0.1) is 0 Å². The minimum atomic E-state index is 0.1000. The van der Waals surface area contributed by atoms with E-state index in [4.69, 9.17) is 21.7 Å². The maximum absolute atomic E-state index is 9.48. The zero-order chi connectivity index (χ0) is 15.2. The molecule has 2 rings (SSSR count). The summed E-state index contributed by atoms with van der Waals surface area (Å²) < 4.78 is 10.5. The third kappa shape index (κ3) is 3.77. The van der Waals surface area contributed by atoms with E-state index in [-0.39, 0.29) is 12.6 Å². The van der Waals surface area contributed by atoms with Crippen LogP contribution in [0.25, 0.3) is 0 Å². The molecule has 1 aromatic carbocycles. The Kier molecular flexibility index (Phi) is 5.64. The third-order valence-corrected chi connectivity index (χ3v) is 4.09. The van der Waals surface area contributed by atoms with Gasteiger partial charge in [0.1, 0.15) is 11.5 Å². The van der Waals surface area contributed by atoms with Crippen molar-refractivity contribution in [3.63, 3.8) is 0 Å². The van der Waals surface area contributed by atoms with Crippen LogP contribution in [0, 0.1) is 0 Å². The van der Waals surface area contributed by atoms with E-state index in [9.17, 15) is 5.11 Å². The normalized spacial score (nSPS) is 18.2. The number of likely N-dealkylation sites (tertiary alicyclic amines) is 1. The Bertz CT molecular complexity index is 496. The molecule has 1 aliphatic rings. The molecule has 1 fully saturated rings. The minimum Gasteiger partial charge on any atom is -0.497 e. The van der Waals surface area contributed by atoms with E-state index in [0.29, 0.717) is 10.9 Å². The van der Waals surface area contributed by atoms with Gasteiger partial charge < -0.3 is 24.8 Å². The van der Waals surface area contributed by atoms with Gasteiger partial charge in [0.05, 0.1) is 32.6 Å². The Morgan fingerprint density at radius 2 is 2.19 bits per heavy atom. The quantitative estimate of drug-likeness (QED) is 0.832. The van der Waals surface area contributed by atoms with Crippen molar-refractivity contribution in [2.45, 2.75) is 25.3 Å². The molecule has 0 amide bonds. The second-order valence-corrected chi connectivity index (χ2v) is 5.41. The lowest BCUT2D eigenvalue weighted by Gasteiger charge is -2.36. The fourth-order valence-electron chi connectivity index (χ4n) is 2.55. The molecule has 1 heterocycles. The van der Waals surface area contributed by atoms with Crippen LogP contribution in [-0.4, -0.2) is 48.5 Å².